The van der Waals surface area contributed by atoms with Crippen LogP contribution in [0.4, 0.5) is 5.82 Å². The fraction of sp³-hybridized carbons (Fsp3) is 0.273. The molecule has 1 amide bonds. The molecule has 84 valence electrons. The highest BCUT2D eigenvalue weighted by Gasteiger charge is 2.13. The van der Waals surface area contributed by atoms with Crippen LogP contribution in [-0.4, -0.2) is 16.1 Å². The van der Waals surface area contributed by atoms with Crippen LogP contribution >= 0.6 is 11.3 Å². The van der Waals surface area contributed by atoms with E-state index in [0.717, 1.165) is 16.8 Å². The number of thiophene rings is 1. The Balaban J connectivity index is 2.20. The first-order chi connectivity index (χ1) is 7.59. The summed E-state index contributed by atoms with van der Waals surface area (Å²) in [6.07, 6.45) is 0. The number of carbonyl (C=O) groups excluding carboxylic acids is 1. The molecule has 2 aromatic rings. The van der Waals surface area contributed by atoms with Crippen molar-refractivity contribution in [3.8, 4) is 0 Å². The molecule has 2 heterocycles. The topological polar surface area (TPSA) is 57.8 Å². The van der Waals surface area contributed by atoms with Crippen molar-refractivity contribution in [2.24, 2.45) is 0 Å². The quantitative estimate of drug-likeness (QED) is 0.840. The van der Waals surface area contributed by atoms with Crippen molar-refractivity contribution < 1.29 is 4.79 Å². The maximum absolute atomic E-state index is 11.9. The Bertz CT molecular complexity index is 527. The predicted molar refractivity (Wildman–Crippen MR) is 65.1 cm³/mol. The Morgan fingerprint density at radius 2 is 2.12 bits per heavy atom. The number of anilines is 1. The summed E-state index contributed by atoms with van der Waals surface area (Å²) in [4.78, 5) is 11.9. The van der Waals surface area contributed by atoms with Gasteiger partial charge < -0.3 is 5.32 Å². The monoisotopic (exact) mass is 235 g/mol. The van der Waals surface area contributed by atoms with E-state index in [4.69, 9.17) is 0 Å². The molecule has 2 rings (SSSR count). The van der Waals surface area contributed by atoms with Crippen LogP contribution in [0.2, 0.25) is 0 Å². The van der Waals surface area contributed by atoms with Gasteiger partial charge in [-0.25, -0.2) is 0 Å². The van der Waals surface area contributed by atoms with Crippen LogP contribution in [0.25, 0.3) is 0 Å². The van der Waals surface area contributed by atoms with Crippen molar-refractivity contribution >= 4 is 23.1 Å². The zero-order valence-corrected chi connectivity index (χ0v) is 10.2. The van der Waals surface area contributed by atoms with E-state index in [2.05, 4.69) is 15.5 Å². The van der Waals surface area contributed by atoms with Gasteiger partial charge in [0.15, 0.2) is 5.82 Å². The van der Waals surface area contributed by atoms with E-state index in [9.17, 15) is 4.79 Å². The van der Waals surface area contributed by atoms with Crippen molar-refractivity contribution in [1.29, 1.82) is 0 Å². The summed E-state index contributed by atoms with van der Waals surface area (Å²) in [5, 5.41) is 13.5. The van der Waals surface area contributed by atoms with Gasteiger partial charge in [0.1, 0.15) is 0 Å². The van der Waals surface area contributed by atoms with Crippen LogP contribution in [-0.2, 0) is 0 Å². The Hall–Kier alpha value is -1.62. The number of aromatic amines is 1. The van der Waals surface area contributed by atoms with Crippen molar-refractivity contribution in [2.75, 3.05) is 5.32 Å². The number of amides is 1. The van der Waals surface area contributed by atoms with E-state index in [1.54, 1.807) is 0 Å². The summed E-state index contributed by atoms with van der Waals surface area (Å²) >= 11 is 1.53. The Labute approximate surface area is 97.7 Å². The molecule has 0 aliphatic carbocycles. The minimum absolute atomic E-state index is 0.103. The fourth-order valence-corrected chi connectivity index (χ4v) is 2.20. The molecule has 0 saturated heterocycles. The molecule has 0 radical (unpaired) electrons. The molecule has 4 nitrogen and oxygen atoms in total. The van der Waals surface area contributed by atoms with Crippen LogP contribution in [0.3, 0.4) is 0 Å². The molecule has 0 saturated carbocycles. The van der Waals surface area contributed by atoms with Gasteiger partial charge in [0.05, 0.1) is 5.56 Å². The van der Waals surface area contributed by atoms with Crippen molar-refractivity contribution in [3.63, 3.8) is 0 Å². The second-order valence-electron chi connectivity index (χ2n) is 3.74. The van der Waals surface area contributed by atoms with E-state index < -0.39 is 0 Å². The van der Waals surface area contributed by atoms with Crippen molar-refractivity contribution in [3.05, 3.63) is 33.1 Å². The molecule has 0 unspecified atom stereocenters. The molecular weight excluding hydrogens is 222 g/mol. The van der Waals surface area contributed by atoms with Gasteiger partial charge in [-0.1, -0.05) is 0 Å². The maximum Gasteiger partial charge on any atom is 0.257 e. The molecule has 16 heavy (non-hydrogen) atoms. The summed E-state index contributed by atoms with van der Waals surface area (Å²) in [5.74, 6) is 0.501. The van der Waals surface area contributed by atoms with Gasteiger partial charge in [-0.3, -0.25) is 9.89 Å². The lowest BCUT2D eigenvalue weighted by atomic mass is 10.2. The highest BCUT2D eigenvalue weighted by molar-refractivity contribution is 7.08. The average molecular weight is 235 g/mol. The number of H-pyrrole nitrogens is 1. The number of nitrogens with zero attached hydrogens (tertiary/aromatic N) is 1. The SMILES string of the molecule is Cc1cscc1C(=O)Nc1n[nH]c(C)c1C. The van der Waals surface area contributed by atoms with Gasteiger partial charge in [-0.05, 0) is 31.7 Å². The zero-order chi connectivity index (χ0) is 11.7. The maximum atomic E-state index is 11.9. The van der Waals surface area contributed by atoms with Crippen LogP contribution in [0, 0.1) is 20.8 Å². The van der Waals surface area contributed by atoms with Crippen molar-refractivity contribution in [1.82, 2.24) is 10.2 Å². The molecule has 0 aliphatic heterocycles. The average Bonchev–Trinajstić information content (AvgIpc) is 2.79. The molecule has 0 aliphatic rings. The summed E-state index contributed by atoms with van der Waals surface area (Å²) in [7, 11) is 0. The third-order valence-corrected chi connectivity index (χ3v) is 3.45. The minimum atomic E-state index is -0.103. The number of aromatic nitrogens is 2. The van der Waals surface area contributed by atoms with Crippen LogP contribution in [0.15, 0.2) is 10.8 Å². The van der Waals surface area contributed by atoms with Crippen LogP contribution in [0.5, 0.6) is 0 Å². The van der Waals surface area contributed by atoms with Gasteiger partial charge in [0, 0.05) is 16.6 Å². The molecule has 2 aromatic heterocycles. The molecule has 0 fully saturated rings. The van der Waals surface area contributed by atoms with E-state index in [1.807, 2.05) is 31.5 Å². The summed E-state index contributed by atoms with van der Waals surface area (Å²) in [6.45, 7) is 5.77. The first-order valence-corrected chi connectivity index (χ1v) is 5.89. The lowest BCUT2D eigenvalue weighted by Crippen LogP contribution is -2.13. The number of hydrogen-bond acceptors (Lipinski definition) is 3. The van der Waals surface area contributed by atoms with Gasteiger partial charge >= 0.3 is 0 Å². The number of carbonyl (C=O) groups is 1. The molecule has 5 heteroatoms. The number of hydrogen-bond donors (Lipinski definition) is 2. The summed E-state index contributed by atoms with van der Waals surface area (Å²) in [6, 6.07) is 0. The molecule has 0 spiro atoms. The van der Waals surface area contributed by atoms with Gasteiger partial charge in [-0.15, -0.1) is 0 Å². The smallest absolute Gasteiger partial charge is 0.257 e. The van der Waals surface area contributed by atoms with E-state index in [1.165, 1.54) is 11.3 Å². The van der Waals surface area contributed by atoms with E-state index in [-0.39, 0.29) is 5.91 Å². The van der Waals surface area contributed by atoms with Gasteiger partial charge in [0.25, 0.3) is 5.91 Å². The van der Waals surface area contributed by atoms with Crippen LogP contribution in [0.1, 0.15) is 27.2 Å². The van der Waals surface area contributed by atoms with Crippen molar-refractivity contribution in [2.45, 2.75) is 20.8 Å². The lowest BCUT2D eigenvalue weighted by molar-refractivity contribution is 0.102. The third-order valence-electron chi connectivity index (χ3n) is 2.59. The highest BCUT2D eigenvalue weighted by Crippen LogP contribution is 2.18. The molecule has 0 bridgehead atoms. The lowest BCUT2D eigenvalue weighted by Gasteiger charge is -2.02. The van der Waals surface area contributed by atoms with Crippen LogP contribution < -0.4 is 5.32 Å². The Morgan fingerprint density at radius 1 is 1.38 bits per heavy atom. The molecule has 2 N–H and O–H groups in total. The molecular formula is C11H13N3OS. The fourth-order valence-electron chi connectivity index (χ4n) is 1.37. The minimum Gasteiger partial charge on any atom is -0.305 e. The van der Waals surface area contributed by atoms with Gasteiger partial charge in [-0.2, -0.15) is 16.4 Å². The third kappa shape index (κ3) is 1.86. The van der Waals surface area contributed by atoms with E-state index in [0.29, 0.717) is 11.4 Å². The highest BCUT2D eigenvalue weighted by atomic mass is 32.1. The number of nitrogens with one attached hydrogen (secondary N) is 2. The number of rotatable bonds is 2. The Kier molecular flexibility index (Phi) is 2.78. The largest absolute Gasteiger partial charge is 0.305 e. The zero-order valence-electron chi connectivity index (χ0n) is 9.42. The standard InChI is InChI=1S/C11H13N3OS/c1-6-4-16-5-9(6)11(15)12-10-7(2)8(3)13-14-10/h4-5H,1-3H3,(H2,12,13,14,15). The second kappa shape index (κ2) is 4.09. The summed E-state index contributed by atoms with van der Waals surface area (Å²) < 4.78 is 0. The first kappa shape index (κ1) is 10.9. The molecule has 0 aromatic carbocycles. The molecule has 0 atom stereocenters. The van der Waals surface area contributed by atoms with E-state index >= 15 is 0 Å². The van der Waals surface area contributed by atoms with Gasteiger partial charge in [0.2, 0.25) is 0 Å². The Morgan fingerprint density at radius 3 is 2.62 bits per heavy atom. The predicted octanol–water partition coefficient (Wildman–Crippen LogP) is 2.65. The number of aryl methyl sites for hydroxylation is 2. The summed E-state index contributed by atoms with van der Waals surface area (Å²) in [5.41, 5.74) is 3.65. The first-order valence-electron chi connectivity index (χ1n) is 4.95. The normalized spacial score (nSPS) is 10.4. The second-order valence-corrected chi connectivity index (χ2v) is 4.49.